The molecule has 1 aromatic heterocycles. The summed E-state index contributed by atoms with van der Waals surface area (Å²) < 4.78 is 8.00. The second kappa shape index (κ2) is 9.72. The molecule has 4 nitrogen and oxygen atoms in total. The molecule has 0 bridgehead atoms. The van der Waals surface area contributed by atoms with Crippen molar-refractivity contribution < 1.29 is 9.53 Å². The van der Waals surface area contributed by atoms with Gasteiger partial charge in [-0.25, -0.2) is 9.78 Å². The lowest BCUT2D eigenvalue weighted by atomic mass is 9.88. The first-order valence-corrected chi connectivity index (χ1v) is 11.8. The molecule has 1 aliphatic rings. The average molecular weight is 431 g/mol. The van der Waals surface area contributed by atoms with E-state index in [0.29, 0.717) is 5.56 Å². The third kappa shape index (κ3) is 5.29. The van der Waals surface area contributed by atoms with Crippen LogP contribution in [-0.2, 0) is 23.3 Å². The average Bonchev–Trinajstić information content (AvgIpc) is 3.23. The number of hydrogen-bond acceptors (Lipinski definition) is 3. The largest absolute Gasteiger partial charge is 0.457 e. The van der Waals surface area contributed by atoms with Gasteiger partial charge >= 0.3 is 5.97 Å². The van der Waals surface area contributed by atoms with Gasteiger partial charge in [-0.3, -0.25) is 0 Å². The van der Waals surface area contributed by atoms with Gasteiger partial charge in [-0.15, -0.1) is 0 Å². The van der Waals surface area contributed by atoms with Crippen molar-refractivity contribution in [1.82, 2.24) is 9.55 Å². The molecule has 1 fully saturated rings. The number of rotatable bonds is 6. The Labute approximate surface area is 191 Å². The summed E-state index contributed by atoms with van der Waals surface area (Å²) in [5.74, 6) is 1.54. The van der Waals surface area contributed by atoms with E-state index < -0.39 is 0 Å². The van der Waals surface area contributed by atoms with E-state index >= 15 is 0 Å². The predicted octanol–water partition coefficient (Wildman–Crippen LogP) is 6.78. The lowest BCUT2D eigenvalue weighted by Crippen LogP contribution is -2.22. The molecule has 4 heteroatoms. The molecular formula is C28H34N2O2. The predicted molar refractivity (Wildman–Crippen MR) is 128 cm³/mol. The summed E-state index contributed by atoms with van der Waals surface area (Å²) in [5, 5.41) is 0. The maximum atomic E-state index is 12.4. The number of benzene rings is 2. The van der Waals surface area contributed by atoms with Crippen molar-refractivity contribution in [2.24, 2.45) is 5.92 Å². The summed E-state index contributed by atoms with van der Waals surface area (Å²) in [5.41, 5.74) is 3.48. The van der Waals surface area contributed by atoms with Crippen LogP contribution in [0.4, 0.5) is 0 Å². The quantitative estimate of drug-likeness (QED) is 0.405. The van der Waals surface area contributed by atoms with Gasteiger partial charge in [-0.2, -0.15) is 0 Å². The summed E-state index contributed by atoms with van der Waals surface area (Å²) in [4.78, 5) is 17.5. The Morgan fingerprint density at radius 2 is 1.69 bits per heavy atom. The van der Waals surface area contributed by atoms with Gasteiger partial charge in [-0.05, 0) is 36.5 Å². The van der Waals surface area contributed by atoms with Crippen molar-refractivity contribution in [3.05, 3.63) is 77.7 Å². The van der Waals surface area contributed by atoms with Crippen LogP contribution in [0.15, 0.2) is 60.8 Å². The van der Waals surface area contributed by atoms with Crippen LogP contribution in [0, 0.1) is 5.92 Å². The lowest BCUT2D eigenvalue weighted by molar-refractivity contribution is 0.0473. The Balaban J connectivity index is 1.58. The van der Waals surface area contributed by atoms with Crippen molar-refractivity contribution in [2.45, 2.75) is 71.4 Å². The molecule has 0 radical (unpaired) electrons. The molecule has 0 saturated heterocycles. The van der Waals surface area contributed by atoms with Crippen LogP contribution in [0.1, 0.15) is 74.6 Å². The maximum Gasteiger partial charge on any atom is 0.338 e. The standard InChI is InChI=1S/C28H34N2O2/c1-28(2,3)27-29-25(19-30(27)18-21-12-6-4-7-13-21)24-17-11-10-16-23(24)20-32-26(31)22-14-8-5-9-15-22/h5,8-11,14-17,19,21H,4,6-7,12-13,18,20H2,1-3H3. The number of ether oxygens (including phenoxy) is 1. The van der Waals surface area contributed by atoms with E-state index in [0.717, 1.165) is 35.1 Å². The molecule has 4 rings (SSSR count). The first kappa shape index (κ1) is 22.3. The van der Waals surface area contributed by atoms with Crippen molar-refractivity contribution in [2.75, 3.05) is 0 Å². The summed E-state index contributed by atoms with van der Waals surface area (Å²) >= 11 is 0. The zero-order valence-electron chi connectivity index (χ0n) is 19.5. The molecule has 0 aliphatic heterocycles. The number of esters is 1. The Bertz CT molecular complexity index is 1040. The molecule has 0 amide bonds. The molecule has 2 aromatic carbocycles. The summed E-state index contributed by atoms with van der Waals surface area (Å²) in [6, 6.07) is 17.2. The van der Waals surface area contributed by atoms with Gasteiger partial charge in [0.25, 0.3) is 0 Å². The molecule has 0 spiro atoms. The number of nitrogens with zero attached hydrogens (tertiary/aromatic N) is 2. The van der Waals surface area contributed by atoms with Crippen molar-refractivity contribution in [1.29, 1.82) is 0 Å². The van der Waals surface area contributed by atoms with Gasteiger partial charge in [0.1, 0.15) is 12.4 Å². The van der Waals surface area contributed by atoms with E-state index in [1.165, 1.54) is 32.1 Å². The van der Waals surface area contributed by atoms with Gasteiger partial charge in [0.05, 0.1) is 11.3 Å². The van der Waals surface area contributed by atoms with Crippen molar-refractivity contribution in [3.8, 4) is 11.3 Å². The van der Waals surface area contributed by atoms with Crippen LogP contribution in [0.25, 0.3) is 11.3 Å². The highest BCUT2D eigenvalue weighted by Gasteiger charge is 2.25. The molecule has 1 heterocycles. The maximum absolute atomic E-state index is 12.4. The molecule has 0 atom stereocenters. The van der Waals surface area contributed by atoms with Crippen LogP contribution < -0.4 is 0 Å². The fourth-order valence-electron chi connectivity index (χ4n) is 4.63. The van der Waals surface area contributed by atoms with Gasteiger partial charge in [0.15, 0.2) is 0 Å². The fourth-order valence-corrected chi connectivity index (χ4v) is 4.63. The number of imidazole rings is 1. The van der Waals surface area contributed by atoms with Crippen molar-refractivity contribution >= 4 is 5.97 Å². The molecule has 3 aromatic rings. The minimum atomic E-state index is -0.307. The van der Waals surface area contributed by atoms with Gasteiger partial charge in [-0.1, -0.05) is 82.5 Å². The summed E-state index contributed by atoms with van der Waals surface area (Å²) in [7, 11) is 0. The number of carbonyl (C=O) groups excluding carboxylic acids is 1. The molecule has 1 aliphatic carbocycles. The lowest BCUT2D eigenvalue weighted by Gasteiger charge is -2.25. The second-order valence-electron chi connectivity index (χ2n) is 9.96. The normalized spacial score (nSPS) is 15.0. The van der Waals surface area contributed by atoms with Crippen LogP contribution in [0.2, 0.25) is 0 Å². The monoisotopic (exact) mass is 430 g/mol. The fraction of sp³-hybridized carbons (Fsp3) is 0.429. The summed E-state index contributed by atoms with van der Waals surface area (Å²) in [6.07, 6.45) is 8.87. The topological polar surface area (TPSA) is 44.1 Å². The summed E-state index contributed by atoms with van der Waals surface area (Å²) in [6.45, 7) is 7.94. The van der Waals surface area contributed by atoms with Gasteiger partial charge in [0, 0.05) is 23.7 Å². The SMILES string of the molecule is CC(C)(C)c1nc(-c2ccccc2COC(=O)c2ccccc2)cn1CC1CCCCC1. The Morgan fingerprint density at radius 3 is 2.41 bits per heavy atom. The highest BCUT2D eigenvalue weighted by molar-refractivity contribution is 5.89. The minimum absolute atomic E-state index is 0.0400. The second-order valence-corrected chi connectivity index (χ2v) is 9.96. The highest BCUT2D eigenvalue weighted by atomic mass is 16.5. The molecule has 0 N–H and O–H groups in total. The molecule has 168 valence electrons. The Hall–Kier alpha value is -2.88. The van der Waals surface area contributed by atoms with Crippen LogP contribution >= 0.6 is 0 Å². The first-order valence-electron chi connectivity index (χ1n) is 11.8. The van der Waals surface area contributed by atoms with E-state index in [1.54, 1.807) is 12.1 Å². The molecule has 0 unspecified atom stereocenters. The minimum Gasteiger partial charge on any atom is -0.457 e. The Kier molecular flexibility index (Phi) is 6.78. The van der Waals surface area contributed by atoms with E-state index in [2.05, 4.69) is 37.6 Å². The molecule has 32 heavy (non-hydrogen) atoms. The van der Waals surface area contributed by atoms with E-state index in [4.69, 9.17) is 9.72 Å². The first-order chi connectivity index (χ1) is 15.4. The Morgan fingerprint density at radius 1 is 1.00 bits per heavy atom. The van der Waals surface area contributed by atoms with Crippen molar-refractivity contribution in [3.63, 3.8) is 0 Å². The van der Waals surface area contributed by atoms with Crippen LogP contribution in [0.3, 0.4) is 0 Å². The zero-order valence-corrected chi connectivity index (χ0v) is 19.5. The number of aromatic nitrogens is 2. The highest BCUT2D eigenvalue weighted by Crippen LogP contribution is 2.32. The van der Waals surface area contributed by atoms with Gasteiger partial charge in [0.2, 0.25) is 0 Å². The number of hydrogen-bond donors (Lipinski definition) is 0. The van der Waals surface area contributed by atoms with Crippen LogP contribution in [0.5, 0.6) is 0 Å². The van der Waals surface area contributed by atoms with Gasteiger partial charge < -0.3 is 9.30 Å². The van der Waals surface area contributed by atoms with Crippen LogP contribution in [-0.4, -0.2) is 15.5 Å². The molecule has 1 saturated carbocycles. The zero-order chi connectivity index (χ0) is 22.6. The molecular weight excluding hydrogens is 396 g/mol. The van der Waals surface area contributed by atoms with E-state index in [-0.39, 0.29) is 18.0 Å². The third-order valence-electron chi connectivity index (χ3n) is 6.29. The number of carbonyl (C=O) groups is 1. The van der Waals surface area contributed by atoms with E-state index in [9.17, 15) is 4.79 Å². The third-order valence-corrected chi connectivity index (χ3v) is 6.29. The van der Waals surface area contributed by atoms with E-state index in [1.807, 2.05) is 36.4 Å². The smallest absolute Gasteiger partial charge is 0.338 e.